The first-order chi connectivity index (χ1) is 6.85. The van der Waals surface area contributed by atoms with Crippen molar-refractivity contribution < 1.29 is 0 Å². The summed E-state index contributed by atoms with van der Waals surface area (Å²) in [4.78, 5) is 8.65. The van der Waals surface area contributed by atoms with Crippen LogP contribution in [-0.2, 0) is 19.4 Å². The Kier molecular flexibility index (Phi) is 2.42. The van der Waals surface area contributed by atoms with Gasteiger partial charge in [0.1, 0.15) is 17.6 Å². The van der Waals surface area contributed by atoms with Gasteiger partial charge in [0.2, 0.25) is 0 Å². The van der Waals surface area contributed by atoms with Gasteiger partial charge in [-0.25, -0.2) is 9.97 Å². The molecular formula is C10H12N4. The Bertz CT molecular complexity index is 392. The first-order valence-corrected chi connectivity index (χ1v) is 4.84. The molecule has 4 heteroatoms. The van der Waals surface area contributed by atoms with E-state index in [-0.39, 0.29) is 0 Å². The fraction of sp³-hybridized carbons (Fsp3) is 0.500. The van der Waals surface area contributed by atoms with Crippen LogP contribution in [0.2, 0.25) is 0 Å². The smallest absolute Gasteiger partial charge is 0.148 e. The highest BCUT2D eigenvalue weighted by Gasteiger charge is 2.16. The molecule has 0 fully saturated rings. The van der Waals surface area contributed by atoms with E-state index in [1.54, 1.807) is 0 Å². The number of fused-ring (bicyclic) bond motifs is 1. The monoisotopic (exact) mass is 188 g/mol. The molecule has 0 aromatic carbocycles. The Morgan fingerprint density at radius 2 is 2.36 bits per heavy atom. The molecule has 0 radical (unpaired) electrons. The molecule has 1 aliphatic heterocycles. The maximum absolute atomic E-state index is 8.95. The molecule has 14 heavy (non-hydrogen) atoms. The van der Waals surface area contributed by atoms with Crippen LogP contribution in [0.15, 0.2) is 0 Å². The van der Waals surface area contributed by atoms with Gasteiger partial charge in [-0.1, -0.05) is 6.92 Å². The molecule has 0 amide bonds. The quantitative estimate of drug-likeness (QED) is 0.699. The van der Waals surface area contributed by atoms with Gasteiger partial charge in [0.15, 0.2) is 0 Å². The van der Waals surface area contributed by atoms with Gasteiger partial charge in [-0.05, 0) is 0 Å². The molecule has 0 atom stereocenters. The van der Waals surface area contributed by atoms with E-state index in [0.29, 0.717) is 5.69 Å². The first kappa shape index (κ1) is 9.10. The molecule has 1 aromatic rings. The minimum absolute atomic E-state index is 0.541. The van der Waals surface area contributed by atoms with Crippen LogP contribution < -0.4 is 5.32 Å². The number of hydrogen-bond donors (Lipinski definition) is 1. The molecule has 0 unspecified atom stereocenters. The van der Waals surface area contributed by atoms with Crippen LogP contribution in [0.1, 0.15) is 29.7 Å². The first-order valence-electron chi connectivity index (χ1n) is 4.84. The zero-order chi connectivity index (χ0) is 9.97. The summed E-state index contributed by atoms with van der Waals surface area (Å²) in [6, 6.07) is 2.14. The number of aromatic nitrogens is 2. The van der Waals surface area contributed by atoms with E-state index in [1.165, 1.54) is 0 Å². The molecule has 0 spiro atoms. The van der Waals surface area contributed by atoms with Crippen molar-refractivity contribution in [3.63, 3.8) is 0 Å². The van der Waals surface area contributed by atoms with Gasteiger partial charge in [-0.3, -0.25) is 0 Å². The highest BCUT2D eigenvalue weighted by Crippen LogP contribution is 2.14. The van der Waals surface area contributed by atoms with Crippen molar-refractivity contribution in [2.75, 3.05) is 6.54 Å². The summed E-state index contributed by atoms with van der Waals surface area (Å²) in [5.41, 5.74) is 2.57. The number of nitriles is 1. The van der Waals surface area contributed by atoms with Crippen LogP contribution in [0.4, 0.5) is 0 Å². The summed E-state index contributed by atoms with van der Waals surface area (Å²) in [6.45, 7) is 3.67. The lowest BCUT2D eigenvalue weighted by atomic mass is 10.1. The Morgan fingerprint density at radius 1 is 1.50 bits per heavy atom. The molecule has 0 saturated carbocycles. The second-order valence-corrected chi connectivity index (χ2v) is 3.31. The summed E-state index contributed by atoms with van der Waals surface area (Å²) in [7, 11) is 0. The second kappa shape index (κ2) is 3.72. The summed E-state index contributed by atoms with van der Waals surface area (Å²) < 4.78 is 0. The van der Waals surface area contributed by atoms with E-state index >= 15 is 0 Å². The van der Waals surface area contributed by atoms with E-state index in [1.807, 2.05) is 6.92 Å². The van der Waals surface area contributed by atoms with Gasteiger partial charge in [0.25, 0.3) is 0 Å². The molecule has 0 aliphatic carbocycles. The highest BCUT2D eigenvalue weighted by atomic mass is 14.9. The normalized spacial score (nSPS) is 14.6. The number of rotatable bonds is 1. The zero-order valence-corrected chi connectivity index (χ0v) is 8.17. The van der Waals surface area contributed by atoms with Gasteiger partial charge < -0.3 is 5.32 Å². The fourth-order valence-corrected chi connectivity index (χ4v) is 1.64. The van der Waals surface area contributed by atoms with E-state index in [0.717, 1.165) is 43.0 Å². The van der Waals surface area contributed by atoms with Crippen LogP contribution in [0.5, 0.6) is 0 Å². The average Bonchev–Trinajstić information content (AvgIpc) is 2.27. The van der Waals surface area contributed by atoms with Gasteiger partial charge in [0, 0.05) is 31.5 Å². The molecule has 0 bridgehead atoms. The number of nitrogens with zero attached hydrogens (tertiary/aromatic N) is 3. The summed E-state index contributed by atoms with van der Waals surface area (Å²) in [5, 5.41) is 12.2. The van der Waals surface area contributed by atoms with Crippen molar-refractivity contribution in [3.8, 4) is 6.07 Å². The lowest BCUT2D eigenvalue weighted by Gasteiger charge is -2.17. The Hall–Kier alpha value is -1.47. The predicted octanol–water partition coefficient (Wildman–Crippen LogP) is 0.556. The van der Waals surface area contributed by atoms with Crippen molar-refractivity contribution in [3.05, 3.63) is 22.8 Å². The SMILES string of the molecule is CCc1nc(C#N)c2c(n1)CCNC2. The number of nitrogens with one attached hydrogen (secondary N) is 1. The Morgan fingerprint density at radius 3 is 3.07 bits per heavy atom. The maximum atomic E-state index is 8.95. The van der Waals surface area contributed by atoms with Crippen LogP contribution >= 0.6 is 0 Å². The molecule has 4 nitrogen and oxygen atoms in total. The largest absolute Gasteiger partial charge is 0.312 e. The molecule has 1 N–H and O–H groups in total. The maximum Gasteiger partial charge on any atom is 0.148 e. The fourth-order valence-electron chi connectivity index (χ4n) is 1.64. The molecule has 2 heterocycles. The predicted molar refractivity (Wildman–Crippen MR) is 51.5 cm³/mol. The molecule has 72 valence electrons. The minimum Gasteiger partial charge on any atom is -0.312 e. The van der Waals surface area contributed by atoms with Crippen molar-refractivity contribution in [2.45, 2.75) is 26.3 Å². The molecular weight excluding hydrogens is 176 g/mol. The van der Waals surface area contributed by atoms with Crippen molar-refractivity contribution in [2.24, 2.45) is 0 Å². The minimum atomic E-state index is 0.541. The summed E-state index contributed by atoms with van der Waals surface area (Å²) in [6.07, 6.45) is 1.69. The van der Waals surface area contributed by atoms with Crippen LogP contribution in [-0.4, -0.2) is 16.5 Å². The highest BCUT2D eigenvalue weighted by molar-refractivity contribution is 5.36. The van der Waals surface area contributed by atoms with E-state index < -0.39 is 0 Å². The molecule has 1 aromatic heterocycles. The van der Waals surface area contributed by atoms with Gasteiger partial charge in [-0.15, -0.1) is 0 Å². The van der Waals surface area contributed by atoms with E-state index in [4.69, 9.17) is 5.26 Å². The lowest BCUT2D eigenvalue weighted by Crippen LogP contribution is -2.26. The molecule has 1 aliphatic rings. The van der Waals surface area contributed by atoms with Crippen LogP contribution in [0, 0.1) is 11.3 Å². The molecule has 2 rings (SSSR count). The van der Waals surface area contributed by atoms with Crippen molar-refractivity contribution in [1.29, 1.82) is 5.26 Å². The summed E-state index contributed by atoms with van der Waals surface area (Å²) in [5.74, 6) is 0.780. The Balaban J connectivity index is 2.54. The van der Waals surface area contributed by atoms with Crippen molar-refractivity contribution >= 4 is 0 Å². The second-order valence-electron chi connectivity index (χ2n) is 3.31. The topological polar surface area (TPSA) is 61.6 Å². The average molecular weight is 188 g/mol. The van der Waals surface area contributed by atoms with Gasteiger partial charge >= 0.3 is 0 Å². The number of aryl methyl sites for hydroxylation is 1. The lowest BCUT2D eigenvalue weighted by molar-refractivity contribution is 0.618. The third-order valence-corrected chi connectivity index (χ3v) is 2.40. The van der Waals surface area contributed by atoms with Crippen LogP contribution in [0.3, 0.4) is 0 Å². The number of hydrogen-bond acceptors (Lipinski definition) is 4. The summed E-state index contributed by atoms with van der Waals surface area (Å²) >= 11 is 0. The van der Waals surface area contributed by atoms with Gasteiger partial charge in [-0.2, -0.15) is 5.26 Å². The van der Waals surface area contributed by atoms with Crippen LogP contribution in [0.25, 0.3) is 0 Å². The van der Waals surface area contributed by atoms with E-state index in [2.05, 4.69) is 21.4 Å². The zero-order valence-electron chi connectivity index (χ0n) is 8.17. The standard InChI is InChI=1S/C10H12N4/c1-2-10-13-8-3-4-12-6-7(8)9(5-11)14-10/h12H,2-4,6H2,1H3. The third kappa shape index (κ3) is 1.47. The van der Waals surface area contributed by atoms with Gasteiger partial charge in [0.05, 0.1) is 5.69 Å². The Labute approximate surface area is 83.0 Å². The molecule has 0 saturated heterocycles. The van der Waals surface area contributed by atoms with Crippen molar-refractivity contribution in [1.82, 2.24) is 15.3 Å². The van der Waals surface area contributed by atoms with E-state index in [9.17, 15) is 0 Å². The third-order valence-electron chi connectivity index (χ3n) is 2.40.